The SMILES string of the molecule is CC[NH+](CC)CC.C[N+](C)(C)C.[Br-].[Cl-]. The first-order chi connectivity index (χ1) is 5.35. The zero-order valence-electron chi connectivity index (χ0n) is 10.8. The number of hydrogen-bond acceptors (Lipinski definition) is 0. The van der Waals surface area contributed by atoms with Gasteiger partial charge in [-0.3, -0.25) is 0 Å². The smallest absolute Gasteiger partial charge is 0.0742 e. The van der Waals surface area contributed by atoms with Gasteiger partial charge in [-0.2, -0.15) is 0 Å². The van der Waals surface area contributed by atoms with Gasteiger partial charge in [0, 0.05) is 0 Å². The summed E-state index contributed by atoms with van der Waals surface area (Å²) in [5.41, 5.74) is 0. The first kappa shape index (κ1) is 24.1. The van der Waals surface area contributed by atoms with Crippen molar-refractivity contribution in [1.29, 1.82) is 0 Å². The number of hydrogen-bond donors (Lipinski definition) is 1. The molecule has 1 N–H and O–H groups in total. The molecule has 0 unspecified atom stereocenters. The highest BCUT2D eigenvalue weighted by Gasteiger charge is 1.92. The van der Waals surface area contributed by atoms with E-state index in [1.165, 1.54) is 19.6 Å². The Morgan fingerprint density at radius 2 is 0.929 bits per heavy atom. The van der Waals surface area contributed by atoms with Crippen molar-refractivity contribution >= 4 is 0 Å². The molecule has 0 saturated carbocycles. The van der Waals surface area contributed by atoms with Gasteiger partial charge in [0.05, 0.1) is 47.8 Å². The summed E-state index contributed by atoms with van der Waals surface area (Å²) in [6.07, 6.45) is 0. The minimum atomic E-state index is 0. The Balaban J connectivity index is -0.0000000651. The maximum atomic E-state index is 2.22. The van der Waals surface area contributed by atoms with Crippen LogP contribution >= 0.6 is 0 Å². The summed E-state index contributed by atoms with van der Waals surface area (Å²) in [4.78, 5) is 1.68. The molecule has 0 fully saturated rings. The van der Waals surface area contributed by atoms with Crippen LogP contribution in [0.4, 0.5) is 0 Å². The summed E-state index contributed by atoms with van der Waals surface area (Å²) in [5.74, 6) is 0. The molecule has 0 aromatic carbocycles. The highest BCUT2D eigenvalue weighted by molar-refractivity contribution is 4.11. The monoisotopic (exact) mass is 290 g/mol. The number of nitrogens with one attached hydrogen (secondary N) is 1. The van der Waals surface area contributed by atoms with Gasteiger partial charge >= 0.3 is 0 Å². The Morgan fingerprint density at radius 1 is 0.786 bits per heavy atom. The van der Waals surface area contributed by atoms with Crippen molar-refractivity contribution < 1.29 is 38.8 Å². The molecule has 0 aliphatic rings. The van der Waals surface area contributed by atoms with Crippen LogP contribution < -0.4 is 34.3 Å². The van der Waals surface area contributed by atoms with Crippen molar-refractivity contribution in [3.8, 4) is 0 Å². The molecule has 0 saturated heterocycles. The standard InChI is InChI=1S/C6H15N.C4H12N.BrH.ClH/c1-4-7(5-2)6-3;1-5(2,3)4;;/h4-6H2,1-3H3;1-4H3;2*1H/q;+1;;/p-1. The van der Waals surface area contributed by atoms with Crippen molar-refractivity contribution in [1.82, 2.24) is 0 Å². The maximum Gasteiger partial charge on any atom is 0.0742 e. The summed E-state index contributed by atoms with van der Waals surface area (Å²) < 4.78 is 1.00. The lowest BCUT2D eigenvalue weighted by atomic mass is 10.5. The van der Waals surface area contributed by atoms with Crippen LogP contribution in [0, 0.1) is 0 Å². The van der Waals surface area contributed by atoms with Crippen LogP contribution in [0.1, 0.15) is 20.8 Å². The van der Waals surface area contributed by atoms with E-state index in [0.29, 0.717) is 0 Å². The summed E-state index contributed by atoms with van der Waals surface area (Å²) in [5, 5.41) is 0. The average molecular weight is 292 g/mol. The third kappa shape index (κ3) is 38.7. The normalized spacial score (nSPS) is 9.43. The first-order valence-electron chi connectivity index (χ1n) is 4.97. The van der Waals surface area contributed by atoms with Gasteiger partial charge in [-0.25, -0.2) is 0 Å². The van der Waals surface area contributed by atoms with Crippen LogP contribution in [-0.2, 0) is 0 Å². The van der Waals surface area contributed by atoms with Gasteiger partial charge in [-0.15, -0.1) is 0 Å². The highest BCUT2D eigenvalue weighted by Crippen LogP contribution is 1.73. The molecule has 0 atom stereocenters. The Hall–Kier alpha value is 0.690. The van der Waals surface area contributed by atoms with Crippen molar-refractivity contribution in [2.75, 3.05) is 47.8 Å². The van der Waals surface area contributed by atoms with Gasteiger partial charge in [0.15, 0.2) is 0 Å². The Bertz CT molecular complexity index is 79.1. The number of quaternary nitrogens is 2. The van der Waals surface area contributed by atoms with Crippen molar-refractivity contribution in [3.05, 3.63) is 0 Å². The summed E-state index contributed by atoms with van der Waals surface area (Å²) in [6, 6.07) is 0. The summed E-state index contributed by atoms with van der Waals surface area (Å²) in [6.45, 7) is 10.5. The van der Waals surface area contributed by atoms with E-state index in [2.05, 4.69) is 49.0 Å². The predicted molar refractivity (Wildman–Crippen MR) is 56.5 cm³/mol. The molecule has 0 bridgehead atoms. The molecule has 14 heavy (non-hydrogen) atoms. The molecule has 4 heteroatoms. The molecule has 0 aromatic rings. The van der Waals surface area contributed by atoms with E-state index >= 15 is 0 Å². The lowest BCUT2D eigenvalue weighted by Gasteiger charge is -2.14. The van der Waals surface area contributed by atoms with E-state index in [1.807, 2.05) is 0 Å². The fourth-order valence-corrected chi connectivity index (χ4v) is 0.750. The van der Waals surface area contributed by atoms with Crippen molar-refractivity contribution in [3.63, 3.8) is 0 Å². The van der Waals surface area contributed by atoms with E-state index in [9.17, 15) is 0 Å². The van der Waals surface area contributed by atoms with Gasteiger partial charge in [0.2, 0.25) is 0 Å². The molecular formula is C10H28BrClN2. The van der Waals surface area contributed by atoms with Gasteiger partial charge in [0.1, 0.15) is 0 Å². The average Bonchev–Trinajstić information content (AvgIpc) is 1.88. The Morgan fingerprint density at radius 3 is 0.929 bits per heavy atom. The Labute approximate surface area is 107 Å². The van der Waals surface area contributed by atoms with E-state index in [4.69, 9.17) is 0 Å². The van der Waals surface area contributed by atoms with Crippen LogP contribution in [0.25, 0.3) is 0 Å². The van der Waals surface area contributed by atoms with E-state index < -0.39 is 0 Å². The second-order valence-corrected chi connectivity index (χ2v) is 4.49. The minimum absolute atomic E-state index is 0. The molecule has 0 rings (SSSR count). The van der Waals surface area contributed by atoms with Crippen molar-refractivity contribution in [2.45, 2.75) is 20.8 Å². The fourth-order valence-electron chi connectivity index (χ4n) is 0.750. The highest BCUT2D eigenvalue weighted by atomic mass is 79.9. The number of rotatable bonds is 3. The van der Waals surface area contributed by atoms with E-state index in [-0.39, 0.29) is 29.4 Å². The van der Waals surface area contributed by atoms with Gasteiger partial charge in [0.25, 0.3) is 0 Å². The lowest BCUT2D eigenvalue weighted by molar-refractivity contribution is -0.894. The zero-order valence-corrected chi connectivity index (χ0v) is 13.2. The molecule has 0 aliphatic heterocycles. The quantitative estimate of drug-likeness (QED) is 0.495. The van der Waals surface area contributed by atoms with Crippen molar-refractivity contribution in [2.24, 2.45) is 0 Å². The fraction of sp³-hybridized carbons (Fsp3) is 1.00. The molecule has 0 aliphatic carbocycles. The second kappa shape index (κ2) is 13.7. The van der Waals surface area contributed by atoms with E-state index in [0.717, 1.165) is 4.48 Å². The number of halogens is 2. The van der Waals surface area contributed by atoms with Crippen LogP contribution in [0.5, 0.6) is 0 Å². The first-order valence-corrected chi connectivity index (χ1v) is 4.97. The minimum Gasteiger partial charge on any atom is -1.00 e. The molecule has 0 heterocycles. The molecule has 0 aromatic heterocycles. The maximum absolute atomic E-state index is 2.22. The third-order valence-electron chi connectivity index (χ3n) is 1.50. The molecule has 92 valence electrons. The summed E-state index contributed by atoms with van der Waals surface area (Å²) >= 11 is 0. The van der Waals surface area contributed by atoms with Crippen LogP contribution in [0.2, 0.25) is 0 Å². The lowest BCUT2D eigenvalue weighted by Crippen LogP contribution is -3.11. The number of nitrogens with zero attached hydrogens (tertiary/aromatic N) is 1. The summed E-state index contributed by atoms with van der Waals surface area (Å²) in [7, 11) is 8.50. The molecule has 0 radical (unpaired) electrons. The predicted octanol–water partition coefficient (Wildman–Crippen LogP) is -5.74. The van der Waals surface area contributed by atoms with Crippen LogP contribution in [0.3, 0.4) is 0 Å². The molecule has 0 spiro atoms. The zero-order chi connectivity index (χ0) is 10.2. The van der Waals surface area contributed by atoms with Crippen LogP contribution in [0.15, 0.2) is 0 Å². The van der Waals surface area contributed by atoms with Gasteiger partial charge < -0.3 is 38.8 Å². The third-order valence-corrected chi connectivity index (χ3v) is 1.50. The topological polar surface area (TPSA) is 4.44 Å². The van der Waals surface area contributed by atoms with Gasteiger partial charge in [-0.05, 0) is 20.8 Å². The molecule has 0 amide bonds. The van der Waals surface area contributed by atoms with E-state index in [1.54, 1.807) is 4.90 Å². The molecular weight excluding hydrogens is 263 g/mol. The largest absolute Gasteiger partial charge is 1.00 e. The van der Waals surface area contributed by atoms with Crippen LogP contribution in [-0.4, -0.2) is 52.3 Å². The molecule has 2 nitrogen and oxygen atoms in total. The van der Waals surface area contributed by atoms with Gasteiger partial charge in [-0.1, -0.05) is 0 Å². The Kier molecular flexibility index (Phi) is 23.6. The second-order valence-electron chi connectivity index (χ2n) is 4.49.